The van der Waals surface area contributed by atoms with Gasteiger partial charge in [0.2, 0.25) is 0 Å². The van der Waals surface area contributed by atoms with E-state index in [9.17, 15) is 4.79 Å². The van der Waals surface area contributed by atoms with Crippen LogP contribution in [-0.4, -0.2) is 45.9 Å². The molecule has 1 heterocycles. The summed E-state index contributed by atoms with van der Waals surface area (Å²) in [5, 5.41) is 13.3. The third-order valence-electron chi connectivity index (χ3n) is 3.15. The van der Waals surface area contributed by atoms with E-state index < -0.39 is 0 Å². The summed E-state index contributed by atoms with van der Waals surface area (Å²) in [5.41, 5.74) is 3.55. The van der Waals surface area contributed by atoms with Gasteiger partial charge in [0, 0.05) is 24.8 Å². The Hall–Kier alpha value is -2.14. The first-order valence-corrected chi connectivity index (χ1v) is 6.53. The van der Waals surface area contributed by atoms with Gasteiger partial charge in [0.25, 0.3) is 5.91 Å². The number of likely N-dealkylation sites (N-methyl/N-ethyl adjacent to an activating group) is 1. The minimum absolute atomic E-state index is 0.0356. The van der Waals surface area contributed by atoms with Gasteiger partial charge in [-0.3, -0.25) is 4.79 Å². The van der Waals surface area contributed by atoms with Crippen LogP contribution in [0.15, 0.2) is 30.3 Å². The Kier molecular flexibility index (Phi) is 4.20. The molecule has 1 N–H and O–H groups in total. The summed E-state index contributed by atoms with van der Waals surface area (Å²) in [6, 6.07) is 9.32. The molecule has 0 saturated heterocycles. The van der Waals surface area contributed by atoms with Crippen LogP contribution in [0.1, 0.15) is 21.7 Å². The Bertz CT molecular complexity index is 602. The molecular weight excluding hydrogens is 254 g/mol. The lowest BCUT2D eigenvalue weighted by Gasteiger charge is -2.15. The number of hydrogen-bond acceptors (Lipinski definition) is 3. The fourth-order valence-electron chi connectivity index (χ4n) is 2.11. The number of aromatic nitrogens is 2. The van der Waals surface area contributed by atoms with E-state index in [2.05, 4.69) is 5.10 Å². The maximum absolute atomic E-state index is 12.0. The predicted molar refractivity (Wildman–Crippen MR) is 77.1 cm³/mol. The van der Waals surface area contributed by atoms with Gasteiger partial charge in [0.1, 0.15) is 0 Å². The lowest BCUT2D eigenvalue weighted by atomic mass is 10.2. The van der Waals surface area contributed by atoms with Gasteiger partial charge in [-0.2, -0.15) is 5.10 Å². The highest BCUT2D eigenvalue weighted by Crippen LogP contribution is 2.13. The van der Waals surface area contributed by atoms with Crippen LogP contribution in [0.2, 0.25) is 0 Å². The van der Waals surface area contributed by atoms with E-state index in [-0.39, 0.29) is 12.5 Å². The molecule has 0 aliphatic heterocycles. The second kappa shape index (κ2) is 5.88. The molecule has 2 aromatic rings. The Morgan fingerprint density at radius 1 is 1.30 bits per heavy atom. The molecule has 0 spiro atoms. The van der Waals surface area contributed by atoms with Crippen LogP contribution in [0.25, 0.3) is 5.69 Å². The van der Waals surface area contributed by atoms with Crippen molar-refractivity contribution in [3.05, 3.63) is 47.3 Å². The zero-order chi connectivity index (χ0) is 14.7. The minimum atomic E-state index is -0.0982. The van der Waals surface area contributed by atoms with Crippen molar-refractivity contribution in [1.82, 2.24) is 14.7 Å². The standard InChI is InChI=1S/C15H19N3O2/c1-11-10-12(2)18(16-11)14-6-4-13(5-7-14)15(20)17(3)8-9-19/h4-7,10,19H,8-9H2,1-3H3. The second-order valence-corrected chi connectivity index (χ2v) is 4.84. The van der Waals surface area contributed by atoms with Crippen molar-refractivity contribution in [1.29, 1.82) is 0 Å². The summed E-state index contributed by atoms with van der Waals surface area (Å²) in [6.45, 7) is 4.24. The number of hydrogen-bond donors (Lipinski definition) is 1. The molecule has 0 radical (unpaired) electrons. The number of amides is 1. The Morgan fingerprint density at radius 3 is 2.45 bits per heavy atom. The van der Waals surface area contributed by atoms with Crippen LogP contribution < -0.4 is 0 Å². The normalized spacial score (nSPS) is 10.6. The molecule has 5 nitrogen and oxygen atoms in total. The molecule has 1 aromatic heterocycles. The molecule has 0 aliphatic rings. The Balaban J connectivity index is 2.22. The molecule has 0 unspecified atom stereocenters. The Labute approximate surface area is 118 Å². The van der Waals surface area contributed by atoms with Crippen molar-refractivity contribution in [3.63, 3.8) is 0 Å². The van der Waals surface area contributed by atoms with Crippen LogP contribution in [-0.2, 0) is 0 Å². The van der Waals surface area contributed by atoms with Gasteiger partial charge in [-0.05, 0) is 44.2 Å². The minimum Gasteiger partial charge on any atom is -0.395 e. The number of aliphatic hydroxyl groups is 1. The van der Waals surface area contributed by atoms with Crippen LogP contribution >= 0.6 is 0 Å². The molecule has 20 heavy (non-hydrogen) atoms. The van der Waals surface area contributed by atoms with Gasteiger partial charge in [-0.1, -0.05) is 0 Å². The molecule has 0 atom stereocenters. The fraction of sp³-hybridized carbons (Fsp3) is 0.333. The van der Waals surface area contributed by atoms with E-state index in [4.69, 9.17) is 5.11 Å². The Morgan fingerprint density at radius 2 is 1.95 bits per heavy atom. The number of rotatable bonds is 4. The highest BCUT2D eigenvalue weighted by Gasteiger charge is 2.11. The maximum atomic E-state index is 12.0. The lowest BCUT2D eigenvalue weighted by molar-refractivity contribution is 0.0767. The van der Waals surface area contributed by atoms with Gasteiger partial charge in [-0.15, -0.1) is 0 Å². The number of aliphatic hydroxyl groups excluding tert-OH is 1. The molecule has 0 fully saturated rings. The lowest BCUT2D eigenvalue weighted by Crippen LogP contribution is -2.29. The molecule has 5 heteroatoms. The van der Waals surface area contributed by atoms with Crippen LogP contribution in [0.4, 0.5) is 0 Å². The molecule has 0 saturated carbocycles. The van der Waals surface area contributed by atoms with Gasteiger partial charge < -0.3 is 10.0 Å². The van der Waals surface area contributed by atoms with Crippen LogP contribution in [0, 0.1) is 13.8 Å². The third-order valence-corrected chi connectivity index (χ3v) is 3.15. The quantitative estimate of drug-likeness (QED) is 0.919. The maximum Gasteiger partial charge on any atom is 0.253 e. The summed E-state index contributed by atoms with van der Waals surface area (Å²) in [5.74, 6) is -0.0982. The van der Waals surface area contributed by atoms with E-state index in [1.807, 2.05) is 36.7 Å². The molecular formula is C15H19N3O2. The highest BCUT2D eigenvalue weighted by atomic mass is 16.3. The zero-order valence-electron chi connectivity index (χ0n) is 12.0. The van der Waals surface area contributed by atoms with E-state index >= 15 is 0 Å². The van der Waals surface area contributed by atoms with Gasteiger partial charge in [0.15, 0.2) is 0 Å². The predicted octanol–water partition coefficient (Wildman–Crippen LogP) is 1.55. The largest absolute Gasteiger partial charge is 0.395 e. The molecule has 0 bridgehead atoms. The highest BCUT2D eigenvalue weighted by molar-refractivity contribution is 5.94. The van der Waals surface area contributed by atoms with Crippen molar-refractivity contribution < 1.29 is 9.90 Å². The molecule has 1 aromatic carbocycles. The second-order valence-electron chi connectivity index (χ2n) is 4.84. The van der Waals surface area contributed by atoms with Crippen LogP contribution in [0.3, 0.4) is 0 Å². The first-order valence-electron chi connectivity index (χ1n) is 6.53. The number of benzene rings is 1. The van der Waals surface area contributed by atoms with Gasteiger partial charge in [-0.25, -0.2) is 4.68 Å². The molecule has 2 rings (SSSR count). The number of nitrogens with zero attached hydrogens (tertiary/aromatic N) is 3. The van der Waals surface area contributed by atoms with Crippen molar-refractivity contribution in [2.45, 2.75) is 13.8 Å². The van der Waals surface area contributed by atoms with Crippen molar-refractivity contribution in [2.75, 3.05) is 20.2 Å². The topological polar surface area (TPSA) is 58.4 Å². The van der Waals surface area contributed by atoms with Gasteiger partial charge >= 0.3 is 0 Å². The summed E-state index contributed by atoms with van der Waals surface area (Å²) >= 11 is 0. The summed E-state index contributed by atoms with van der Waals surface area (Å²) in [7, 11) is 1.67. The first kappa shape index (κ1) is 14.3. The molecule has 0 aliphatic carbocycles. The van der Waals surface area contributed by atoms with Crippen molar-refractivity contribution in [2.24, 2.45) is 0 Å². The summed E-state index contributed by atoms with van der Waals surface area (Å²) < 4.78 is 1.85. The number of carbonyl (C=O) groups excluding carboxylic acids is 1. The summed E-state index contributed by atoms with van der Waals surface area (Å²) in [6.07, 6.45) is 0. The van der Waals surface area contributed by atoms with E-state index in [0.29, 0.717) is 12.1 Å². The smallest absolute Gasteiger partial charge is 0.253 e. The average Bonchev–Trinajstić information content (AvgIpc) is 2.77. The average molecular weight is 273 g/mol. The van der Waals surface area contributed by atoms with E-state index in [1.54, 1.807) is 19.2 Å². The van der Waals surface area contributed by atoms with Crippen LogP contribution in [0.5, 0.6) is 0 Å². The number of aryl methyl sites for hydroxylation is 2. The molecule has 1 amide bonds. The van der Waals surface area contributed by atoms with Crippen molar-refractivity contribution >= 4 is 5.91 Å². The van der Waals surface area contributed by atoms with E-state index in [1.165, 1.54) is 4.90 Å². The monoisotopic (exact) mass is 273 g/mol. The number of carbonyl (C=O) groups is 1. The van der Waals surface area contributed by atoms with Gasteiger partial charge in [0.05, 0.1) is 18.0 Å². The fourth-order valence-corrected chi connectivity index (χ4v) is 2.11. The third kappa shape index (κ3) is 2.88. The SMILES string of the molecule is Cc1cc(C)n(-c2ccc(C(=O)N(C)CCO)cc2)n1. The van der Waals surface area contributed by atoms with Crippen molar-refractivity contribution in [3.8, 4) is 5.69 Å². The molecule has 106 valence electrons. The zero-order valence-corrected chi connectivity index (χ0v) is 12.0. The first-order chi connectivity index (χ1) is 9.52. The van der Waals surface area contributed by atoms with E-state index in [0.717, 1.165) is 17.1 Å². The summed E-state index contributed by atoms with van der Waals surface area (Å²) in [4.78, 5) is 13.5.